The number of methoxy groups -OCH3 is 1. The van der Waals surface area contributed by atoms with E-state index < -0.39 is 21.3 Å². The highest BCUT2D eigenvalue weighted by Crippen LogP contribution is 2.25. The number of nitrogens with zero attached hydrogens (tertiary/aromatic N) is 4. The van der Waals surface area contributed by atoms with E-state index in [0.29, 0.717) is 24.7 Å². The lowest BCUT2D eigenvalue weighted by molar-refractivity contribution is 0.213. The highest BCUT2D eigenvalue weighted by atomic mass is 32.2. The number of aromatic nitrogens is 4. The van der Waals surface area contributed by atoms with E-state index in [9.17, 15) is 18.0 Å². The zero-order valence-corrected chi connectivity index (χ0v) is 18.0. The van der Waals surface area contributed by atoms with Crippen LogP contribution in [-0.4, -0.2) is 64.4 Å². The van der Waals surface area contributed by atoms with E-state index in [-0.39, 0.29) is 12.4 Å². The SMILES string of the molecule is COCCS(=O)(=O)N1CCC(Cc2ccn3ncc(-n4ccc(=O)[nH]c4=O)c3c2)CC1. The summed E-state index contributed by atoms with van der Waals surface area (Å²) < 4.78 is 34.2. The molecule has 1 aliphatic heterocycles. The average Bonchev–Trinajstić information content (AvgIpc) is 3.16. The van der Waals surface area contributed by atoms with Crippen molar-refractivity contribution < 1.29 is 13.2 Å². The third-order valence-electron chi connectivity index (χ3n) is 5.69. The second-order valence-electron chi connectivity index (χ2n) is 7.73. The van der Waals surface area contributed by atoms with Gasteiger partial charge in [0.1, 0.15) is 0 Å². The van der Waals surface area contributed by atoms with Crippen LogP contribution in [-0.2, 0) is 21.2 Å². The van der Waals surface area contributed by atoms with Crippen LogP contribution in [0.25, 0.3) is 11.2 Å². The van der Waals surface area contributed by atoms with Crippen molar-refractivity contribution in [1.29, 1.82) is 0 Å². The zero-order chi connectivity index (χ0) is 22.0. The molecule has 0 atom stereocenters. The molecule has 10 nitrogen and oxygen atoms in total. The highest BCUT2D eigenvalue weighted by molar-refractivity contribution is 7.89. The van der Waals surface area contributed by atoms with Gasteiger partial charge in [-0.05, 0) is 42.9 Å². The number of pyridine rings is 1. The molecular weight excluding hydrogens is 422 g/mol. The van der Waals surface area contributed by atoms with Crippen LogP contribution in [0.1, 0.15) is 18.4 Å². The molecule has 1 aliphatic rings. The molecule has 4 rings (SSSR count). The zero-order valence-electron chi connectivity index (χ0n) is 17.2. The second-order valence-corrected chi connectivity index (χ2v) is 9.82. The minimum Gasteiger partial charge on any atom is -0.384 e. The summed E-state index contributed by atoms with van der Waals surface area (Å²) in [6.45, 7) is 1.24. The highest BCUT2D eigenvalue weighted by Gasteiger charge is 2.27. The Balaban J connectivity index is 1.49. The van der Waals surface area contributed by atoms with Crippen LogP contribution in [0.15, 0.2) is 46.4 Å². The van der Waals surface area contributed by atoms with Crippen molar-refractivity contribution in [2.45, 2.75) is 19.3 Å². The van der Waals surface area contributed by atoms with E-state index in [1.807, 2.05) is 18.3 Å². The fourth-order valence-corrected chi connectivity index (χ4v) is 5.38. The minimum atomic E-state index is -3.27. The van der Waals surface area contributed by atoms with Crippen LogP contribution in [0.3, 0.4) is 0 Å². The standard InChI is InChI=1S/C20H25N5O5S/c1-30-10-11-31(28,29)23-6-2-15(3-7-23)12-16-4-9-25-17(13-16)18(14-21-25)24-8-5-19(26)22-20(24)27/h4-5,8-9,13-15H,2-3,6-7,10-12H2,1H3,(H,22,26,27). The maximum Gasteiger partial charge on any atom is 0.333 e. The van der Waals surface area contributed by atoms with Crippen molar-refractivity contribution in [2.75, 3.05) is 32.6 Å². The maximum absolute atomic E-state index is 12.3. The smallest absolute Gasteiger partial charge is 0.333 e. The number of hydrogen-bond acceptors (Lipinski definition) is 6. The number of sulfonamides is 1. The molecule has 31 heavy (non-hydrogen) atoms. The largest absolute Gasteiger partial charge is 0.384 e. The molecule has 1 fully saturated rings. The molecule has 166 valence electrons. The topological polar surface area (TPSA) is 119 Å². The molecule has 0 amide bonds. The molecule has 0 aliphatic carbocycles. The Labute approximate surface area is 179 Å². The molecule has 0 spiro atoms. The lowest BCUT2D eigenvalue weighted by Crippen LogP contribution is -2.40. The predicted molar refractivity (Wildman–Crippen MR) is 115 cm³/mol. The second kappa shape index (κ2) is 8.77. The first-order chi connectivity index (χ1) is 14.9. The van der Waals surface area contributed by atoms with E-state index in [2.05, 4.69) is 10.1 Å². The van der Waals surface area contributed by atoms with Gasteiger partial charge in [0.2, 0.25) is 10.0 Å². The molecule has 0 radical (unpaired) electrons. The molecule has 1 N–H and O–H groups in total. The predicted octanol–water partition coefficient (Wildman–Crippen LogP) is 0.404. The number of H-pyrrole nitrogens is 1. The summed E-state index contributed by atoms with van der Waals surface area (Å²) in [5.41, 5.74) is 1.46. The number of hydrogen-bond donors (Lipinski definition) is 1. The van der Waals surface area contributed by atoms with Crippen molar-refractivity contribution in [3.05, 3.63) is 63.2 Å². The number of piperidine rings is 1. The first kappa shape index (κ1) is 21.5. The Kier molecular flexibility index (Phi) is 6.08. The van der Waals surface area contributed by atoms with Gasteiger partial charge in [0.25, 0.3) is 5.56 Å². The van der Waals surface area contributed by atoms with Crippen molar-refractivity contribution in [2.24, 2.45) is 5.92 Å². The molecule has 3 aromatic heterocycles. The molecule has 1 saturated heterocycles. The summed E-state index contributed by atoms with van der Waals surface area (Å²) in [5, 5.41) is 4.29. The molecule has 0 unspecified atom stereocenters. The number of rotatable bonds is 7. The Morgan fingerprint density at radius 3 is 2.68 bits per heavy atom. The van der Waals surface area contributed by atoms with Crippen LogP contribution in [0.2, 0.25) is 0 Å². The summed E-state index contributed by atoms with van der Waals surface area (Å²) in [4.78, 5) is 25.8. The lowest BCUT2D eigenvalue weighted by atomic mass is 9.91. The van der Waals surface area contributed by atoms with E-state index in [4.69, 9.17) is 4.74 Å². The molecule has 11 heteroatoms. The Bertz CT molecular complexity index is 1290. The van der Waals surface area contributed by atoms with Crippen molar-refractivity contribution in [1.82, 2.24) is 23.5 Å². The van der Waals surface area contributed by atoms with Crippen LogP contribution >= 0.6 is 0 Å². The summed E-state index contributed by atoms with van der Waals surface area (Å²) >= 11 is 0. The number of aromatic amines is 1. The van der Waals surface area contributed by atoms with Crippen LogP contribution in [0, 0.1) is 5.92 Å². The number of nitrogens with one attached hydrogen (secondary N) is 1. The molecular formula is C20H25N5O5S. The van der Waals surface area contributed by atoms with Gasteiger partial charge in [-0.15, -0.1) is 0 Å². The van der Waals surface area contributed by atoms with Crippen molar-refractivity contribution >= 4 is 15.5 Å². The molecule has 0 aromatic carbocycles. The average molecular weight is 448 g/mol. The van der Waals surface area contributed by atoms with Crippen molar-refractivity contribution in [3.63, 3.8) is 0 Å². The van der Waals surface area contributed by atoms with Gasteiger partial charge in [-0.25, -0.2) is 22.0 Å². The van der Waals surface area contributed by atoms with Gasteiger partial charge >= 0.3 is 5.69 Å². The van der Waals surface area contributed by atoms with Gasteiger partial charge in [0, 0.05) is 38.7 Å². The molecule has 0 saturated carbocycles. The quantitative estimate of drug-likeness (QED) is 0.560. The lowest BCUT2D eigenvalue weighted by Gasteiger charge is -2.31. The monoisotopic (exact) mass is 447 g/mol. The maximum atomic E-state index is 12.3. The fraction of sp³-hybridized carbons (Fsp3) is 0.450. The van der Waals surface area contributed by atoms with Gasteiger partial charge in [0.15, 0.2) is 0 Å². The van der Waals surface area contributed by atoms with E-state index in [1.165, 1.54) is 23.9 Å². The van der Waals surface area contributed by atoms with Crippen molar-refractivity contribution in [3.8, 4) is 5.69 Å². The Hall–Kier alpha value is -2.76. The van der Waals surface area contributed by atoms with E-state index in [1.54, 1.807) is 15.0 Å². The van der Waals surface area contributed by atoms with Gasteiger partial charge in [-0.3, -0.25) is 14.3 Å². The summed E-state index contributed by atoms with van der Waals surface area (Å²) in [7, 11) is -1.77. The van der Waals surface area contributed by atoms with Crippen LogP contribution in [0.4, 0.5) is 0 Å². The van der Waals surface area contributed by atoms with Crippen LogP contribution < -0.4 is 11.2 Å². The molecule has 0 bridgehead atoms. The fourth-order valence-electron chi connectivity index (χ4n) is 3.97. The normalized spacial score (nSPS) is 16.2. The van der Waals surface area contributed by atoms with E-state index >= 15 is 0 Å². The van der Waals surface area contributed by atoms with Gasteiger partial charge < -0.3 is 4.74 Å². The van der Waals surface area contributed by atoms with Crippen LogP contribution in [0.5, 0.6) is 0 Å². The van der Waals surface area contributed by atoms with E-state index in [0.717, 1.165) is 30.3 Å². The molecule has 4 heterocycles. The van der Waals surface area contributed by atoms with Gasteiger partial charge in [0.05, 0.1) is 29.8 Å². The summed E-state index contributed by atoms with van der Waals surface area (Å²) in [6, 6.07) is 5.27. The molecule has 3 aromatic rings. The summed E-state index contributed by atoms with van der Waals surface area (Å²) in [6.07, 6.45) is 7.27. The van der Waals surface area contributed by atoms with Gasteiger partial charge in [-0.1, -0.05) is 0 Å². The number of ether oxygens (including phenoxy) is 1. The third kappa shape index (κ3) is 4.63. The first-order valence-corrected chi connectivity index (χ1v) is 11.7. The third-order valence-corrected chi connectivity index (χ3v) is 7.52. The summed E-state index contributed by atoms with van der Waals surface area (Å²) in [5.74, 6) is 0.386. The Morgan fingerprint density at radius 1 is 1.19 bits per heavy atom. The minimum absolute atomic E-state index is 0.0128. The number of fused-ring (bicyclic) bond motifs is 1. The van der Waals surface area contributed by atoms with Gasteiger partial charge in [-0.2, -0.15) is 5.10 Å². The Morgan fingerprint density at radius 2 is 1.97 bits per heavy atom. The first-order valence-electron chi connectivity index (χ1n) is 10.1.